The molecule has 4 aromatic rings. The average Bonchev–Trinajstić information content (AvgIpc) is 3.61. The topological polar surface area (TPSA) is 77.8 Å². The van der Waals surface area contributed by atoms with E-state index in [0.717, 1.165) is 40.6 Å². The van der Waals surface area contributed by atoms with E-state index in [0.29, 0.717) is 22.1 Å². The number of carboxylic acid groups (broad SMARTS) is 1. The zero-order valence-corrected chi connectivity index (χ0v) is 21.0. The monoisotopic (exact) mass is 503 g/mol. The molecule has 7 heteroatoms. The van der Waals surface area contributed by atoms with Crippen LogP contribution in [0.4, 0.5) is 0 Å². The first kappa shape index (κ1) is 23.9. The number of rotatable bonds is 7. The maximum Gasteiger partial charge on any atom is 0.344 e. The number of benzene rings is 3. The normalized spacial score (nSPS) is 14.9. The van der Waals surface area contributed by atoms with Gasteiger partial charge in [-0.3, -0.25) is 9.36 Å². The Labute approximate surface area is 214 Å². The minimum absolute atomic E-state index is 0.148. The van der Waals surface area contributed by atoms with E-state index in [1.807, 2.05) is 49.4 Å². The highest BCUT2D eigenvalue weighted by atomic mass is 35.5. The molecule has 0 spiro atoms. The van der Waals surface area contributed by atoms with Gasteiger partial charge in [0.2, 0.25) is 0 Å². The summed E-state index contributed by atoms with van der Waals surface area (Å²) in [6, 6.07) is 20.2. The molecule has 3 aromatic carbocycles. The molecule has 6 nitrogen and oxygen atoms in total. The van der Waals surface area contributed by atoms with E-state index in [2.05, 4.69) is 0 Å². The number of hydrogen-bond donors (Lipinski definition) is 1. The molecular formula is C29H26ClNO5. The molecule has 1 N–H and O–H groups in total. The van der Waals surface area contributed by atoms with Crippen molar-refractivity contribution in [3.05, 3.63) is 94.1 Å². The molecule has 1 aliphatic rings. The van der Waals surface area contributed by atoms with Gasteiger partial charge in [-0.25, -0.2) is 4.79 Å². The number of fused-ring (bicyclic) bond motifs is 1. The second kappa shape index (κ2) is 9.03. The molecular weight excluding hydrogens is 478 g/mol. The Hall–Kier alpha value is -3.77. The van der Waals surface area contributed by atoms with Gasteiger partial charge in [0.05, 0.1) is 12.6 Å². The van der Waals surface area contributed by atoms with Crippen molar-refractivity contribution >= 4 is 34.4 Å². The molecule has 1 saturated carbocycles. The Bertz CT molecular complexity index is 1480. The van der Waals surface area contributed by atoms with Crippen molar-refractivity contribution in [2.24, 2.45) is 0 Å². The summed E-state index contributed by atoms with van der Waals surface area (Å²) in [5.41, 5.74) is 3.68. The molecule has 0 bridgehead atoms. The van der Waals surface area contributed by atoms with Crippen LogP contribution in [0.2, 0.25) is 5.02 Å². The highest BCUT2D eigenvalue weighted by Gasteiger charge is 2.51. The summed E-state index contributed by atoms with van der Waals surface area (Å²) in [6.45, 7) is 3.48. The van der Waals surface area contributed by atoms with E-state index in [1.165, 1.54) is 6.92 Å². The number of halogens is 1. The van der Waals surface area contributed by atoms with Crippen molar-refractivity contribution in [1.82, 2.24) is 4.57 Å². The predicted octanol–water partition coefficient (Wildman–Crippen LogP) is 6.23. The van der Waals surface area contributed by atoms with E-state index in [1.54, 1.807) is 35.9 Å². The number of hydrogen-bond acceptors (Lipinski definition) is 4. The molecule has 1 aliphatic carbocycles. The molecule has 5 rings (SSSR count). The van der Waals surface area contributed by atoms with E-state index in [9.17, 15) is 14.7 Å². The van der Waals surface area contributed by atoms with Crippen LogP contribution in [0.25, 0.3) is 10.9 Å². The van der Waals surface area contributed by atoms with E-state index >= 15 is 0 Å². The average molecular weight is 504 g/mol. The molecule has 0 radical (unpaired) electrons. The second-order valence-corrected chi connectivity index (χ2v) is 9.60. The summed E-state index contributed by atoms with van der Waals surface area (Å²) in [4.78, 5) is 25.2. The number of ether oxygens (including phenoxy) is 2. The molecule has 1 fully saturated rings. The van der Waals surface area contributed by atoms with Crippen molar-refractivity contribution < 1.29 is 24.2 Å². The summed E-state index contributed by atoms with van der Waals surface area (Å²) in [7, 11) is 1.62. The number of carboxylic acids is 1. The fraction of sp³-hybridized carbons (Fsp3) is 0.241. The summed E-state index contributed by atoms with van der Waals surface area (Å²) < 4.78 is 13.2. The van der Waals surface area contributed by atoms with Crippen molar-refractivity contribution in [1.29, 1.82) is 0 Å². The molecule has 1 aromatic heterocycles. The number of carbonyl (C=O) groups is 2. The fourth-order valence-corrected chi connectivity index (χ4v) is 5.22. The fourth-order valence-electron chi connectivity index (χ4n) is 5.10. The third-order valence-electron chi connectivity index (χ3n) is 6.99. The minimum Gasteiger partial charge on any atom is -0.497 e. The Morgan fingerprint density at radius 1 is 1.06 bits per heavy atom. The van der Waals surface area contributed by atoms with Gasteiger partial charge in [-0.1, -0.05) is 29.8 Å². The zero-order valence-electron chi connectivity index (χ0n) is 20.2. The molecule has 36 heavy (non-hydrogen) atoms. The van der Waals surface area contributed by atoms with Crippen LogP contribution < -0.4 is 9.47 Å². The van der Waals surface area contributed by atoms with Crippen LogP contribution in [0, 0.1) is 6.92 Å². The highest BCUT2D eigenvalue weighted by molar-refractivity contribution is 6.30. The lowest BCUT2D eigenvalue weighted by Crippen LogP contribution is -2.24. The Balaban J connectivity index is 1.72. The van der Waals surface area contributed by atoms with Gasteiger partial charge in [0, 0.05) is 32.6 Å². The molecule has 0 unspecified atom stereocenters. The van der Waals surface area contributed by atoms with Gasteiger partial charge in [0.1, 0.15) is 11.5 Å². The Morgan fingerprint density at radius 2 is 1.75 bits per heavy atom. The third kappa shape index (κ3) is 3.91. The molecule has 0 amide bonds. The lowest BCUT2D eigenvalue weighted by atomic mass is 9.85. The maximum absolute atomic E-state index is 13.7. The van der Waals surface area contributed by atoms with E-state index in [4.69, 9.17) is 21.1 Å². The van der Waals surface area contributed by atoms with Crippen LogP contribution in [0.1, 0.15) is 46.9 Å². The van der Waals surface area contributed by atoms with E-state index < -0.39 is 17.5 Å². The van der Waals surface area contributed by atoms with Gasteiger partial charge < -0.3 is 14.6 Å². The summed E-state index contributed by atoms with van der Waals surface area (Å²) >= 11 is 6.05. The second-order valence-electron chi connectivity index (χ2n) is 9.17. The van der Waals surface area contributed by atoms with Gasteiger partial charge >= 0.3 is 5.97 Å². The number of aliphatic carboxylic acids is 1. The predicted molar refractivity (Wildman–Crippen MR) is 139 cm³/mol. The Kier molecular flexibility index (Phi) is 6.00. The molecule has 1 heterocycles. The molecule has 1 atom stereocenters. The summed E-state index contributed by atoms with van der Waals surface area (Å²) in [5, 5.41) is 10.9. The molecule has 0 saturated heterocycles. The first-order chi connectivity index (χ1) is 17.3. The zero-order chi connectivity index (χ0) is 25.6. The number of aromatic nitrogens is 1. The van der Waals surface area contributed by atoms with E-state index in [-0.39, 0.29) is 5.91 Å². The van der Waals surface area contributed by atoms with Crippen molar-refractivity contribution in [2.75, 3.05) is 7.11 Å². The largest absolute Gasteiger partial charge is 0.497 e. The lowest BCUT2D eigenvalue weighted by Gasteiger charge is -2.22. The summed E-state index contributed by atoms with van der Waals surface area (Å²) in [6.07, 6.45) is 0.707. The van der Waals surface area contributed by atoms with Gasteiger partial charge in [0.25, 0.3) is 5.91 Å². The van der Waals surface area contributed by atoms with Crippen molar-refractivity contribution in [2.45, 2.75) is 38.2 Å². The quantitative estimate of drug-likeness (QED) is 0.323. The van der Waals surface area contributed by atoms with Crippen LogP contribution >= 0.6 is 11.6 Å². The first-order valence-electron chi connectivity index (χ1n) is 11.8. The number of para-hydroxylation sites is 1. The SMILES string of the molecule is COc1ccc2c(c1)c(C1(c3ccccc3O[C@@H](C)C(=O)O)CC1)c(C)n2C(=O)c1ccc(Cl)cc1. The van der Waals surface area contributed by atoms with Crippen molar-refractivity contribution in [3.63, 3.8) is 0 Å². The number of nitrogens with zero attached hydrogens (tertiary/aromatic N) is 1. The van der Waals surface area contributed by atoms with Gasteiger partial charge in [-0.05, 0) is 80.8 Å². The highest BCUT2D eigenvalue weighted by Crippen LogP contribution is 2.59. The van der Waals surface area contributed by atoms with Gasteiger partial charge in [-0.2, -0.15) is 0 Å². The molecule has 184 valence electrons. The smallest absolute Gasteiger partial charge is 0.344 e. The van der Waals surface area contributed by atoms with Crippen LogP contribution in [-0.2, 0) is 10.2 Å². The van der Waals surface area contributed by atoms with Crippen LogP contribution in [0.3, 0.4) is 0 Å². The van der Waals surface area contributed by atoms with Gasteiger partial charge in [-0.15, -0.1) is 0 Å². The molecule has 0 aliphatic heterocycles. The third-order valence-corrected chi connectivity index (χ3v) is 7.24. The standard InChI is InChI=1S/C29H26ClNO5/c1-17-26(29(14-15-29)23-6-4-5-7-25(23)36-18(2)28(33)34)22-16-21(35-3)12-13-24(22)31(17)27(32)19-8-10-20(30)11-9-19/h4-13,16,18H,14-15H2,1-3H3,(H,33,34)/t18-/m0/s1. The van der Waals surface area contributed by atoms with Crippen molar-refractivity contribution in [3.8, 4) is 11.5 Å². The Morgan fingerprint density at radius 3 is 2.39 bits per heavy atom. The van der Waals surface area contributed by atoms with Crippen LogP contribution in [0.5, 0.6) is 11.5 Å². The number of methoxy groups -OCH3 is 1. The van der Waals surface area contributed by atoms with Crippen LogP contribution in [-0.4, -0.2) is 34.8 Å². The van der Waals surface area contributed by atoms with Gasteiger partial charge in [0.15, 0.2) is 6.10 Å². The minimum atomic E-state index is -1.03. The number of carbonyl (C=O) groups excluding carboxylic acids is 1. The maximum atomic E-state index is 13.7. The summed E-state index contributed by atoms with van der Waals surface area (Å²) in [5.74, 6) is 0.0583. The first-order valence-corrected chi connectivity index (χ1v) is 12.1. The lowest BCUT2D eigenvalue weighted by molar-refractivity contribution is -0.144. The van der Waals surface area contributed by atoms with Crippen LogP contribution in [0.15, 0.2) is 66.7 Å².